The maximum absolute atomic E-state index is 12.7. The number of hydrogen-bond donors (Lipinski definition) is 2. The second-order valence-electron chi connectivity index (χ2n) is 5.67. The lowest BCUT2D eigenvalue weighted by atomic mass is 9.89. The molecule has 0 spiro atoms. The van der Waals surface area contributed by atoms with Crippen molar-refractivity contribution < 1.29 is 19.8 Å². The van der Waals surface area contributed by atoms with Gasteiger partial charge in [-0.1, -0.05) is 28.1 Å². The van der Waals surface area contributed by atoms with Crippen molar-refractivity contribution in [1.82, 2.24) is 9.55 Å². The van der Waals surface area contributed by atoms with Crippen molar-refractivity contribution in [2.45, 2.75) is 6.54 Å². The topological polar surface area (TPSA) is 92.4 Å². The zero-order valence-corrected chi connectivity index (χ0v) is 14.3. The normalized spacial score (nSPS) is 12.8. The van der Waals surface area contributed by atoms with Crippen molar-refractivity contribution >= 4 is 27.5 Å². The third kappa shape index (κ3) is 2.27. The molecule has 7 heteroatoms. The zero-order valence-electron chi connectivity index (χ0n) is 12.7. The van der Waals surface area contributed by atoms with Gasteiger partial charge in [0.15, 0.2) is 0 Å². The summed E-state index contributed by atoms with van der Waals surface area (Å²) < 4.78 is 1.98. The van der Waals surface area contributed by atoms with Gasteiger partial charge >= 0.3 is 0 Å². The van der Waals surface area contributed by atoms with E-state index in [-0.39, 0.29) is 28.9 Å². The Balaban J connectivity index is 1.88. The fourth-order valence-corrected chi connectivity index (χ4v) is 3.46. The van der Waals surface area contributed by atoms with E-state index in [1.807, 2.05) is 24.3 Å². The van der Waals surface area contributed by atoms with Crippen LogP contribution in [-0.2, 0) is 6.54 Å². The number of carbonyl (C=O) groups excluding carboxylic acids is 2. The first kappa shape index (κ1) is 15.6. The molecular weight excluding hydrogens is 388 g/mol. The van der Waals surface area contributed by atoms with Gasteiger partial charge in [-0.05, 0) is 29.8 Å². The van der Waals surface area contributed by atoms with Crippen molar-refractivity contribution in [3.8, 4) is 11.8 Å². The highest BCUT2D eigenvalue weighted by Crippen LogP contribution is 2.40. The van der Waals surface area contributed by atoms with E-state index >= 15 is 0 Å². The van der Waals surface area contributed by atoms with Crippen LogP contribution >= 0.6 is 15.9 Å². The van der Waals surface area contributed by atoms with Gasteiger partial charge in [0.05, 0.1) is 17.7 Å². The Bertz CT molecular complexity index is 997. The summed E-state index contributed by atoms with van der Waals surface area (Å²) in [7, 11) is 0. The first-order chi connectivity index (χ1) is 12.0. The summed E-state index contributed by atoms with van der Waals surface area (Å²) in [5, 5.41) is 21.0. The first-order valence-corrected chi connectivity index (χ1v) is 8.21. The van der Waals surface area contributed by atoms with E-state index in [9.17, 15) is 19.8 Å². The van der Waals surface area contributed by atoms with E-state index in [4.69, 9.17) is 0 Å². The van der Waals surface area contributed by atoms with Gasteiger partial charge in [0, 0.05) is 10.7 Å². The summed E-state index contributed by atoms with van der Waals surface area (Å²) in [4.78, 5) is 29.2. The fraction of sp³-hybridized carbons (Fsp3) is 0.0556. The number of fused-ring (bicyclic) bond motifs is 2. The number of halogens is 1. The smallest absolute Gasteiger partial charge is 0.218 e. The van der Waals surface area contributed by atoms with Crippen molar-refractivity contribution in [3.63, 3.8) is 0 Å². The molecule has 2 heterocycles. The lowest BCUT2D eigenvalue weighted by Crippen LogP contribution is -2.20. The number of nitrogens with zero attached hydrogens (tertiary/aromatic N) is 2. The third-order valence-corrected chi connectivity index (χ3v) is 4.65. The number of ketones is 2. The SMILES string of the molecule is O=C1c2cccnc2C(=O)c2c1c(O)n(Cc1cccc(Br)c1)c2O. The predicted molar refractivity (Wildman–Crippen MR) is 92.1 cm³/mol. The maximum Gasteiger partial charge on any atom is 0.218 e. The van der Waals surface area contributed by atoms with Crippen LogP contribution < -0.4 is 0 Å². The van der Waals surface area contributed by atoms with Gasteiger partial charge in [0.2, 0.25) is 23.3 Å². The van der Waals surface area contributed by atoms with Crippen molar-refractivity contribution in [2.24, 2.45) is 0 Å². The summed E-state index contributed by atoms with van der Waals surface area (Å²) in [6.07, 6.45) is 1.41. The number of rotatable bonds is 2. The minimum absolute atomic E-state index is 0.0186. The van der Waals surface area contributed by atoms with Crippen LogP contribution in [0.4, 0.5) is 0 Å². The summed E-state index contributed by atoms with van der Waals surface area (Å²) in [6.45, 7) is 0.106. The summed E-state index contributed by atoms with van der Waals surface area (Å²) in [5.41, 5.74) is 0.495. The van der Waals surface area contributed by atoms with E-state index in [0.29, 0.717) is 0 Å². The molecule has 25 heavy (non-hydrogen) atoms. The van der Waals surface area contributed by atoms with Gasteiger partial charge < -0.3 is 10.2 Å². The fourth-order valence-electron chi connectivity index (χ4n) is 3.01. The van der Waals surface area contributed by atoms with Crippen LogP contribution in [0.2, 0.25) is 0 Å². The number of hydrogen-bond acceptors (Lipinski definition) is 5. The van der Waals surface area contributed by atoms with Crippen LogP contribution in [0.1, 0.15) is 37.5 Å². The molecule has 0 unspecified atom stereocenters. The third-order valence-electron chi connectivity index (χ3n) is 4.16. The van der Waals surface area contributed by atoms with Crippen LogP contribution in [0.15, 0.2) is 47.1 Å². The molecular formula is C18H11BrN2O4. The molecule has 0 aliphatic heterocycles. The van der Waals surface area contributed by atoms with Gasteiger partial charge in [-0.25, -0.2) is 0 Å². The van der Waals surface area contributed by atoms with E-state index in [1.165, 1.54) is 12.3 Å². The minimum atomic E-state index is -0.578. The summed E-state index contributed by atoms with van der Waals surface area (Å²) in [5.74, 6) is -1.98. The molecule has 124 valence electrons. The van der Waals surface area contributed by atoms with E-state index in [1.54, 1.807) is 6.07 Å². The Morgan fingerprint density at radius 3 is 2.44 bits per heavy atom. The van der Waals surface area contributed by atoms with Crippen LogP contribution in [0.25, 0.3) is 0 Å². The van der Waals surface area contributed by atoms with Crippen molar-refractivity contribution in [2.75, 3.05) is 0 Å². The molecule has 1 aliphatic rings. The van der Waals surface area contributed by atoms with Gasteiger partial charge in [0.1, 0.15) is 11.3 Å². The average molecular weight is 399 g/mol. The second-order valence-corrected chi connectivity index (χ2v) is 6.59. The van der Waals surface area contributed by atoms with E-state index in [2.05, 4.69) is 20.9 Å². The number of pyridine rings is 1. The molecule has 2 aromatic heterocycles. The quantitative estimate of drug-likeness (QED) is 0.541. The highest BCUT2D eigenvalue weighted by molar-refractivity contribution is 9.10. The summed E-state index contributed by atoms with van der Waals surface area (Å²) >= 11 is 3.36. The second kappa shape index (κ2) is 5.56. The molecule has 0 saturated heterocycles. The molecule has 2 N–H and O–H groups in total. The summed E-state index contributed by atoms with van der Waals surface area (Å²) in [6, 6.07) is 10.3. The molecule has 0 fully saturated rings. The molecule has 0 atom stereocenters. The van der Waals surface area contributed by atoms with Crippen molar-refractivity contribution in [3.05, 3.63) is 75.0 Å². The maximum atomic E-state index is 12.7. The lowest BCUT2D eigenvalue weighted by molar-refractivity contribution is 0.0972. The molecule has 4 rings (SSSR count). The number of carbonyl (C=O) groups is 2. The lowest BCUT2D eigenvalue weighted by Gasteiger charge is -2.12. The Morgan fingerprint density at radius 2 is 1.72 bits per heavy atom. The molecule has 0 amide bonds. The highest BCUT2D eigenvalue weighted by Gasteiger charge is 2.39. The van der Waals surface area contributed by atoms with Gasteiger partial charge in [-0.2, -0.15) is 0 Å². The molecule has 0 bridgehead atoms. The Kier molecular flexibility index (Phi) is 3.47. The monoisotopic (exact) mass is 398 g/mol. The van der Waals surface area contributed by atoms with E-state index < -0.39 is 23.3 Å². The average Bonchev–Trinajstić information content (AvgIpc) is 2.85. The number of aromatic hydroxyl groups is 2. The zero-order chi connectivity index (χ0) is 17.7. The Labute approximate surface area is 150 Å². The molecule has 1 aromatic carbocycles. The molecule has 3 aromatic rings. The van der Waals surface area contributed by atoms with Crippen LogP contribution in [0.5, 0.6) is 11.8 Å². The number of aromatic nitrogens is 2. The van der Waals surface area contributed by atoms with Crippen LogP contribution in [0.3, 0.4) is 0 Å². The molecule has 0 saturated carbocycles. The molecule has 0 radical (unpaired) electrons. The standard InChI is InChI=1S/C18H11BrN2O4/c19-10-4-1-3-9(7-10)8-21-17(24)12-13(18(21)25)16(23)14-11(15(12)22)5-2-6-20-14/h1-7,24-25H,8H2. The van der Waals surface area contributed by atoms with Gasteiger partial charge in [0.25, 0.3) is 0 Å². The first-order valence-electron chi connectivity index (χ1n) is 7.42. The van der Waals surface area contributed by atoms with Crippen LogP contribution in [-0.4, -0.2) is 31.3 Å². The van der Waals surface area contributed by atoms with Gasteiger partial charge in [-0.3, -0.25) is 19.1 Å². The Morgan fingerprint density at radius 1 is 1.00 bits per heavy atom. The van der Waals surface area contributed by atoms with Crippen molar-refractivity contribution in [1.29, 1.82) is 0 Å². The largest absolute Gasteiger partial charge is 0.494 e. The van der Waals surface area contributed by atoms with Crippen LogP contribution in [0, 0.1) is 0 Å². The molecule has 6 nitrogen and oxygen atoms in total. The number of benzene rings is 1. The minimum Gasteiger partial charge on any atom is -0.494 e. The molecule has 1 aliphatic carbocycles. The van der Waals surface area contributed by atoms with Gasteiger partial charge in [-0.15, -0.1) is 0 Å². The van der Waals surface area contributed by atoms with E-state index in [0.717, 1.165) is 14.6 Å². The highest BCUT2D eigenvalue weighted by atomic mass is 79.9. The predicted octanol–water partition coefficient (Wildman–Crippen LogP) is 2.88. The Hall–Kier alpha value is -2.93.